The summed E-state index contributed by atoms with van der Waals surface area (Å²) in [5, 5.41) is 3.71. The molecule has 1 heteroatoms. The third-order valence-corrected chi connectivity index (χ3v) is 4.96. The van der Waals surface area contributed by atoms with E-state index in [1.54, 1.807) is 0 Å². The Morgan fingerprint density at radius 3 is 2.10 bits per heavy atom. The van der Waals surface area contributed by atoms with Gasteiger partial charge in [0.25, 0.3) is 0 Å². The van der Waals surface area contributed by atoms with Gasteiger partial charge in [0.15, 0.2) is 0 Å². The van der Waals surface area contributed by atoms with Gasteiger partial charge in [-0.15, -0.1) is 0 Å². The molecule has 2 aromatic rings. The van der Waals surface area contributed by atoms with Crippen molar-refractivity contribution in [1.29, 1.82) is 0 Å². The standard InChI is InChI=1S/C20H25N/c1-15-8-11-20(14-16(15)2)21-19-12-9-18(10-13-19)17-6-4-3-5-7-17/h3-7,9-10,12-13,15-16,20-21H,8,11,14H2,1-2H3. The smallest absolute Gasteiger partial charge is 0.0342 e. The molecule has 1 aliphatic rings. The van der Waals surface area contributed by atoms with Crippen molar-refractivity contribution in [2.24, 2.45) is 11.8 Å². The van der Waals surface area contributed by atoms with Gasteiger partial charge in [-0.2, -0.15) is 0 Å². The fraction of sp³-hybridized carbons (Fsp3) is 0.400. The minimum atomic E-state index is 0.638. The van der Waals surface area contributed by atoms with E-state index in [1.165, 1.54) is 36.1 Å². The predicted octanol–water partition coefficient (Wildman–Crippen LogP) is 5.59. The number of benzene rings is 2. The first kappa shape index (κ1) is 14.2. The molecule has 0 amide bonds. The summed E-state index contributed by atoms with van der Waals surface area (Å²) < 4.78 is 0. The summed E-state index contributed by atoms with van der Waals surface area (Å²) in [6.07, 6.45) is 3.94. The molecular formula is C20H25N. The van der Waals surface area contributed by atoms with E-state index in [0.717, 1.165) is 11.8 Å². The quantitative estimate of drug-likeness (QED) is 0.772. The highest BCUT2D eigenvalue weighted by Gasteiger charge is 2.24. The highest BCUT2D eigenvalue weighted by Crippen LogP contribution is 2.31. The van der Waals surface area contributed by atoms with Crippen LogP contribution in [0.5, 0.6) is 0 Å². The van der Waals surface area contributed by atoms with Crippen molar-refractivity contribution >= 4 is 5.69 Å². The lowest BCUT2D eigenvalue weighted by Crippen LogP contribution is -2.30. The van der Waals surface area contributed by atoms with E-state index in [2.05, 4.69) is 73.8 Å². The minimum Gasteiger partial charge on any atom is -0.382 e. The first-order valence-corrected chi connectivity index (χ1v) is 8.14. The molecule has 2 aromatic carbocycles. The summed E-state index contributed by atoms with van der Waals surface area (Å²) in [4.78, 5) is 0. The van der Waals surface area contributed by atoms with E-state index in [0.29, 0.717) is 6.04 Å². The second-order valence-electron chi connectivity index (χ2n) is 6.55. The minimum absolute atomic E-state index is 0.638. The Morgan fingerprint density at radius 1 is 0.762 bits per heavy atom. The molecule has 1 fully saturated rings. The van der Waals surface area contributed by atoms with Crippen LogP contribution in [0.1, 0.15) is 33.1 Å². The number of rotatable bonds is 3. The summed E-state index contributed by atoms with van der Waals surface area (Å²) in [5.74, 6) is 1.71. The van der Waals surface area contributed by atoms with E-state index in [4.69, 9.17) is 0 Å². The van der Waals surface area contributed by atoms with Crippen LogP contribution in [0.25, 0.3) is 11.1 Å². The van der Waals surface area contributed by atoms with Gasteiger partial charge in [-0.3, -0.25) is 0 Å². The van der Waals surface area contributed by atoms with E-state index in [9.17, 15) is 0 Å². The lowest BCUT2D eigenvalue weighted by molar-refractivity contribution is 0.261. The maximum absolute atomic E-state index is 3.71. The van der Waals surface area contributed by atoms with Crippen LogP contribution in [0.3, 0.4) is 0 Å². The van der Waals surface area contributed by atoms with Crippen LogP contribution in [0.2, 0.25) is 0 Å². The molecule has 0 aliphatic heterocycles. The second kappa shape index (κ2) is 6.34. The average molecular weight is 279 g/mol. The first-order chi connectivity index (χ1) is 10.2. The SMILES string of the molecule is CC1CCC(Nc2ccc(-c3ccccc3)cc2)CC1C. The van der Waals surface area contributed by atoms with Crippen LogP contribution < -0.4 is 5.32 Å². The van der Waals surface area contributed by atoms with E-state index in [-0.39, 0.29) is 0 Å². The monoisotopic (exact) mass is 279 g/mol. The predicted molar refractivity (Wildman–Crippen MR) is 91.5 cm³/mol. The van der Waals surface area contributed by atoms with Gasteiger partial charge in [0.05, 0.1) is 0 Å². The molecule has 0 heterocycles. The van der Waals surface area contributed by atoms with Crippen LogP contribution in [0.15, 0.2) is 54.6 Å². The molecule has 1 N–H and O–H groups in total. The fourth-order valence-corrected chi connectivity index (χ4v) is 3.30. The highest BCUT2D eigenvalue weighted by molar-refractivity contribution is 5.65. The van der Waals surface area contributed by atoms with E-state index in [1.807, 2.05) is 0 Å². The first-order valence-electron chi connectivity index (χ1n) is 8.14. The molecule has 0 spiro atoms. The van der Waals surface area contributed by atoms with Crippen molar-refractivity contribution in [3.63, 3.8) is 0 Å². The van der Waals surface area contributed by atoms with Gasteiger partial charge in [-0.05, 0) is 54.4 Å². The van der Waals surface area contributed by atoms with Crippen molar-refractivity contribution in [1.82, 2.24) is 0 Å². The lowest BCUT2D eigenvalue weighted by atomic mass is 9.79. The molecule has 0 bridgehead atoms. The number of hydrogen-bond donors (Lipinski definition) is 1. The van der Waals surface area contributed by atoms with Gasteiger partial charge in [0.1, 0.15) is 0 Å². The molecular weight excluding hydrogens is 254 g/mol. The van der Waals surface area contributed by atoms with Gasteiger partial charge in [0, 0.05) is 11.7 Å². The van der Waals surface area contributed by atoms with Crippen molar-refractivity contribution < 1.29 is 0 Å². The molecule has 110 valence electrons. The Bertz CT molecular complexity index is 558. The van der Waals surface area contributed by atoms with Crippen molar-refractivity contribution in [3.05, 3.63) is 54.6 Å². The van der Waals surface area contributed by atoms with Crippen LogP contribution >= 0.6 is 0 Å². The van der Waals surface area contributed by atoms with Gasteiger partial charge in [-0.25, -0.2) is 0 Å². The zero-order chi connectivity index (χ0) is 14.7. The molecule has 3 rings (SSSR count). The number of hydrogen-bond acceptors (Lipinski definition) is 1. The zero-order valence-corrected chi connectivity index (χ0v) is 13.0. The molecule has 1 nitrogen and oxygen atoms in total. The molecule has 3 atom stereocenters. The molecule has 0 aromatic heterocycles. The summed E-state index contributed by atoms with van der Waals surface area (Å²) >= 11 is 0. The molecule has 3 unspecified atom stereocenters. The highest BCUT2D eigenvalue weighted by atomic mass is 14.9. The molecule has 0 saturated heterocycles. The van der Waals surface area contributed by atoms with E-state index >= 15 is 0 Å². The van der Waals surface area contributed by atoms with Crippen molar-refractivity contribution in [2.75, 3.05) is 5.32 Å². The van der Waals surface area contributed by atoms with Gasteiger partial charge >= 0.3 is 0 Å². The third kappa shape index (κ3) is 3.47. The molecule has 21 heavy (non-hydrogen) atoms. The van der Waals surface area contributed by atoms with Crippen LogP contribution in [0.4, 0.5) is 5.69 Å². The third-order valence-electron chi connectivity index (χ3n) is 4.96. The Hall–Kier alpha value is -1.76. The van der Waals surface area contributed by atoms with Gasteiger partial charge in [0.2, 0.25) is 0 Å². The molecule has 1 aliphatic carbocycles. The molecule has 1 saturated carbocycles. The van der Waals surface area contributed by atoms with Gasteiger partial charge < -0.3 is 5.32 Å². The number of nitrogens with one attached hydrogen (secondary N) is 1. The second-order valence-corrected chi connectivity index (χ2v) is 6.55. The normalized spacial score (nSPS) is 25.5. The summed E-state index contributed by atoms with van der Waals surface area (Å²) in [7, 11) is 0. The summed E-state index contributed by atoms with van der Waals surface area (Å²) in [5.41, 5.74) is 3.82. The average Bonchev–Trinajstić information content (AvgIpc) is 2.53. The Balaban J connectivity index is 1.65. The lowest BCUT2D eigenvalue weighted by Gasteiger charge is -2.33. The van der Waals surface area contributed by atoms with Crippen LogP contribution in [-0.2, 0) is 0 Å². The van der Waals surface area contributed by atoms with Crippen molar-refractivity contribution in [2.45, 2.75) is 39.2 Å². The fourth-order valence-electron chi connectivity index (χ4n) is 3.30. The molecule has 0 radical (unpaired) electrons. The topological polar surface area (TPSA) is 12.0 Å². The Morgan fingerprint density at radius 2 is 1.43 bits per heavy atom. The number of anilines is 1. The summed E-state index contributed by atoms with van der Waals surface area (Å²) in [6.45, 7) is 4.77. The Labute approximate surface area is 128 Å². The van der Waals surface area contributed by atoms with Crippen molar-refractivity contribution in [3.8, 4) is 11.1 Å². The maximum atomic E-state index is 3.71. The van der Waals surface area contributed by atoms with E-state index < -0.39 is 0 Å². The zero-order valence-electron chi connectivity index (χ0n) is 13.0. The van der Waals surface area contributed by atoms with Gasteiger partial charge in [-0.1, -0.05) is 56.3 Å². The maximum Gasteiger partial charge on any atom is 0.0342 e. The largest absolute Gasteiger partial charge is 0.382 e. The summed E-state index contributed by atoms with van der Waals surface area (Å²) in [6, 6.07) is 20.1. The Kier molecular flexibility index (Phi) is 4.28. The van der Waals surface area contributed by atoms with Crippen LogP contribution in [0, 0.1) is 11.8 Å². The van der Waals surface area contributed by atoms with Crippen LogP contribution in [-0.4, -0.2) is 6.04 Å².